The maximum absolute atomic E-state index is 9.90. The molecule has 1 heterocycles. The van der Waals surface area contributed by atoms with Crippen molar-refractivity contribution in [1.82, 2.24) is 0 Å². The van der Waals surface area contributed by atoms with E-state index in [1.165, 1.54) is 0 Å². The highest BCUT2D eigenvalue weighted by Crippen LogP contribution is 2.36. The van der Waals surface area contributed by atoms with Crippen molar-refractivity contribution in [2.45, 2.75) is 32.5 Å². The van der Waals surface area contributed by atoms with Gasteiger partial charge in [0, 0.05) is 12.0 Å². The zero-order chi connectivity index (χ0) is 10.1. The maximum atomic E-state index is 9.90. The van der Waals surface area contributed by atoms with E-state index in [2.05, 4.69) is 13.8 Å². The molecule has 0 fully saturated rings. The van der Waals surface area contributed by atoms with Crippen molar-refractivity contribution in [1.29, 1.82) is 0 Å². The molecule has 2 heteroatoms. The molecule has 0 bridgehead atoms. The summed E-state index contributed by atoms with van der Waals surface area (Å²) in [5.41, 5.74) is 0.921. The molecule has 0 radical (unpaired) electrons. The van der Waals surface area contributed by atoms with Crippen LogP contribution in [0.3, 0.4) is 0 Å². The SMILES string of the molecule is CC(C)C1CC(O)c2ccccc2O1. The third-order valence-corrected chi connectivity index (χ3v) is 2.76. The highest BCUT2D eigenvalue weighted by molar-refractivity contribution is 5.36. The van der Waals surface area contributed by atoms with Crippen LogP contribution >= 0.6 is 0 Å². The van der Waals surface area contributed by atoms with E-state index in [0.717, 1.165) is 11.3 Å². The van der Waals surface area contributed by atoms with Gasteiger partial charge in [0.1, 0.15) is 11.9 Å². The molecule has 1 aromatic carbocycles. The number of fused-ring (bicyclic) bond motifs is 1. The Hall–Kier alpha value is -1.02. The molecule has 2 rings (SSSR count). The molecule has 2 nitrogen and oxygen atoms in total. The zero-order valence-electron chi connectivity index (χ0n) is 8.60. The van der Waals surface area contributed by atoms with Gasteiger partial charge in [0.05, 0.1) is 6.10 Å². The van der Waals surface area contributed by atoms with E-state index >= 15 is 0 Å². The molecule has 1 aromatic rings. The summed E-state index contributed by atoms with van der Waals surface area (Å²) in [6, 6.07) is 7.72. The van der Waals surface area contributed by atoms with Gasteiger partial charge < -0.3 is 9.84 Å². The zero-order valence-corrected chi connectivity index (χ0v) is 8.60. The molecule has 2 unspecified atom stereocenters. The lowest BCUT2D eigenvalue weighted by molar-refractivity contribution is 0.0427. The largest absolute Gasteiger partial charge is 0.490 e. The van der Waals surface area contributed by atoms with Gasteiger partial charge in [-0.05, 0) is 12.0 Å². The van der Waals surface area contributed by atoms with Crippen molar-refractivity contribution in [3.63, 3.8) is 0 Å². The first-order valence-corrected chi connectivity index (χ1v) is 5.12. The molecule has 0 amide bonds. The quantitative estimate of drug-likeness (QED) is 0.741. The second kappa shape index (κ2) is 3.62. The number of rotatable bonds is 1. The summed E-state index contributed by atoms with van der Waals surface area (Å²) in [5.74, 6) is 1.28. The third-order valence-electron chi connectivity index (χ3n) is 2.76. The summed E-state index contributed by atoms with van der Waals surface area (Å²) >= 11 is 0. The summed E-state index contributed by atoms with van der Waals surface area (Å²) in [6.07, 6.45) is 0.474. The van der Waals surface area contributed by atoms with E-state index in [-0.39, 0.29) is 12.2 Å². The second-order valence-electron chi connectivity index (χ2n) is 4.19. The molecule has 1 aliphatic rings. The Labute approximate surface area is 84.5 Å². The first kappa shape index (κ1) is 9.53. The van der Waals surface area contributed by atoms with Crippen LogP contribution in [0.4, 0.5) is 0 Å². The summed E-state index contributed by atoms with van der Waals surface area (Å²) in [5, 5.41) is 9.90. The van der Waals surface area contributed by atoms with Crippen molar-refractivity contribution >= 4 is 0 Å². The van der Waals surface area contributed by atoms with Gasteiger partial charge in [-0.15, -0.1) is 0 Å². The Balaban J connectivity index is 2.29. The molecule has 0 aliphatic carbocycles. The standard InChI is InChI=1S/C12H16O2/c1-8(2)12-7-10(13)9-5-3-4-6-11(9)14-12/h3-6,8,10,12-13H,7H2,1-2H3. The minimum absolute atomic E-state index is 0.139. The summed E-state index contributed by atoms with van der Waals surface area (Å²) < 4.78 is 5.80. The lowest BCUT2D eigenvalue weighted by Crippen LogP contribution is -2.30. The number of aliphatic hydroxyl groups is 1. The van der Waals surface area contributed by atoms with Gasteiger partial charge in [0.2, 0.25) is 0 Å². The lowest BCUT2D eigenvalue weighted by atomic mass is 9.93. The van der Waals surface area contributed by atoms with Gasteiger partial charge in [0.15, 0.2) is 0 Å². The fourth-order valence-corrected chi connectivity index (χ4v) is 1.83. The average molecular weight is 192 g/mol. The number of para-hydroxylation sites is 1. The fraction of sp³-hybridized carbons (Fsp3) is 0.500. The van der Waals surface area contributed by atoms with E-state index < -0.39 is 0 Å². The molecule has 76 valence electrons. The Morgan fingerprint density at radius 3 is 2.79 bits per heavy atom. The molecule has 0 saturated heterocycles. The van der Waals surface area contributed by atoms with E-state index in [1.807, 2.05) is 24.3 Å². The van der Waals surface area contributed by atoms with Crippen molar-refractivity contribution in [2.24, 2.45) is 5.92 Å². The highest BCUT2D eigenvalue weighted by atomic mass is 16.5. The average Bonchev–Trinajstić information content (AvgIpc) is 2.17. The van der Waals surface area contributed by atoms with Gasteiger partial charge in [-0.1, -0.05) is 32.0 Å². The van der Waals surface area contributed by atoms with Crippen LogP contribution < -0.4 is 4.74 Å². The van der Waals surface area contributed by atoms with Gasteiger partial charge >= 0.3 is 0 Å². The Bertz CT molecular complexity index is 320. The van der Waals surface area contributed by atoms with Gasteiger partial charge in [-0.2, -0.15) is 0 Å². The van der Waals surface area contributed by atoms with Crippen LogP contribution in [0.5, 0.6) is 5.75 Å². The van der Waals surface area contributed by atoms with Crippen LogP contribution in [-0.2, 0) is 0 Å². The summed E-state index contributed by atoms with van der Waals surface area (Å²) in [4.78, 5) is 0. The molecule has 1 N–H and O–H groups in total. The Morgan fingerprint density at radius 2 is 2.07 bits per heavy atom. The molecular weight excluding hydrogens is 176 g/mol. The summed E-state index contributed by atoms with van der Waals surface area (Å²) in [6.45, 7) is 4.23. The van der Waals surface area contributed by atoms with E-state index in [9.17, 15) is 5.11 Å². The highest BCUT2D eigenvalue weighted by Gasteiger charge is 2.28. The van der Waals surface area contributed by atoms with Crippen molar-refractivity contribution in [3.05, 3.63) is 29.8 Å². The van der Waals surface area contributed by atoms with Gasteiger partial charge in [-0.25, -0.2) is 0 Å². The van der Waals surface area contributed by atoms with Crippen LogP contribution in [0.15, 0.2) is 24.3 Å². The molecule has 0 aromatic heterocycles. The lowest BCUT2D eigenvalue weighted by Gasteiger charge is -2.31. The molecule has 0 saturated carbocycles. The normalized spacial score (nSPS) is 25.7. The van der Waals surface area contributed by atoms with E-state index in [1.54, 1.807) is 0 Å². The Morgan fingerprint density at radius 1 is 1.36 bits per heavy atom. The maximum Gasteiger partial charge on any atom is 0.125 e. The topological polar surface area (TPSA) is 29.5 Å². The molecular formula is C12H16O2. The van der Waals surface area contributed by atoms with Crippen LogP contribution in [-0.4, -0.2) is 11.2 Å². The van der Waals surface area contributed by atoms with Gasteiger partial charge in [-0.3, -0.25) is 0 Å². The number of aliphatic hydroxyl groups excluding tert-OH is 1. The van der Waals surface area contributed by atoms with Crippen molar-refractivity contribution < 1.29 is 9.84 Å². The Kier molecular flexibility index (Phi) is 2.46. The minimum Gasteiger partial charge on any atom is -0.490 e. The predicted octanol–water partition coefficient (Wildman–Crippen LogP) is 2.53. The first-order valence-electron chi connectivity index (χ1n) is 5.12. The van der Waals surface area contributed by atoms with E-state index in [4.69, 9.17) is 4.74 Å². The van der Waals surface area contributed by atoms with E-state index in [0.29, 0.717) is 12.3 Å². The van der Waals surface area contributed by atoms with Crippen LogP contribution in [0, 0.1) is 5.92 Å². The predicted molar refractivity (Wildman–Crippen MR) is 55.3 cm³/mol. The first-order chi connectivity index (χ1) is 6.68. The minimum atomic E-state index is -0.368. The summed E-state index contributed by atoms with van der Waals surface area (Å²) in [7, 11) is 0. The van der Waals surface area contributed by atoms with Gasteiger partial charge in [0.25, 0.3) is 0 Å². The smallest absolute Gasteiger partial charge is 0.125 e. The van der Waals surface area contributed by atoms with Crippen LogP contribution in [0.2, 0.25) is 0 Å². The molecule has 14 heavy (non-hydrogen) atoms. The van der Waals surface area contributed by atoms with Crippen molar-refractivity contribution in [2.75, 3.05) is 0 Å². The van der Waals surface area contributed by atoms with Crippen LogP contribution in [0.25, 0.3) is 0 Å². The fourth-order valence-electron chi connectivity index (χ4n) is 1.83. The second-order valence-corrected chi connectivity index (χ2v) is 4.19. The number of hydrogen-bond acceptors (Lipinski definition) is 2. The molecule has 2 atom stereocenters. The number of ether oxygens (including phenoxy) is 1. The molecule has 1 aliphatic heterocycles. The molecule has 0 spiro atoms. The van der Waals surface area contributed by atoms with Crippen LogP contribution in [0.1, 0.15) is 31.9 Å². The third kappa shape index (κ3) is 1.62. The van der Waals surface area contributed by atoms with Crippen molar-refractivity contribution in [3.8, 4) is 5.75 Å². The monoisotopic (exact) mass is 192 g/mol. The number of benzene rings is 1. The number of hydrogen-bond donors (Lipinski definition) is 1.